The van der Waals surface area contributed by atoms with Crippen LogP contribution in [0.1, 0.15) is 18.7 Å². The largest absolute Gasteiger partial charge is 0.481 e. The summed E-state index contributed by atoms with van der Waals surface area (Å²) in [4.78, 5) is 14.6. The van der Waals surface area contributed by atoms with Gasteiger partial charge in [0.25, 0.3) is 0 Å². The van der Waals surface area contributed by atoms with Crippen molar-refractivity contribution in [2.24, 2.45) is 5.73 Å². The summed E-state index contributed by atoms with van der Waals surface area (Å²) in [7, 11) is 0. The van der Waals surface area contributed by atoms with Crippen molar-refractivity contribution in [2.45, 2.75) is 19.4 Å². The Hall–Kier alpha value is -1.43. The van der Waals surface area contributed by atoms with Gasteiger partial charge in [0.1, 0.15) is 18.1 Å². The van der Waals surface area contributed by atoms with Gasteiger partial charge in [0, 0.05) is 13.1 Å². The fraction of sp³-hybridized carbons (Fsp3) is 0.571. The molecule has 72 valence electrons. The Morgan fingerprint density at radius 1 is 1.85 bits per heavy atom. The number of aliphatic carboxylic acids is 1. The van der Waals surface area contributed by atoms with E-state index in [1.54, 1.807) is 0 Å². The highest BCUT2D eigenvalue weighted by atomic mass is 16.4. The molecule has 1 atom stereocenters. The first kappa shape index (κ1) is 9.66. The summed E-state index contributed by atoms with van der Waals surface area (Å²) in [5.41, 5.74) is 5.33. The number of nitrogens with two attached hydrogens (primary N) is 1. The predicted octanol–water partition coefficient (Wildman–Crippen LogP) is -0.575. The molecule has 0 aliphatic rings. The van der Waals surface area contributed by atoms with Crippen LogP contribution < -0.4 is 5.73 Å². The van der Waals surface area contributed by atoms with E-state index in [1.807, 2.05) is 6.92 Å². The maximum Gasteiger partial charge on any atom is 0.315 e. The summed E-state index contributed by atoms with van der Waals surface area (Å²) in [5.74, 6) is -1.31. The number of hydrogen-bond acceptors (Lipinski definition) is 4. The number of aryl methyl sites for hydroxylation is 1. The van der Waals surface area contributed by atoms with Crippen LogP contribution in [0.2, 0.25) is 0 Å². The summed E-state index contributed by atoms with van der Waals surface area (Å²) < 4.78 is 1.53. The van der Waals surface area contributed by atoms with Crippen molar-refractivity contribution in [3.05, 3.63) is 12.2 Å². The van der Waals surface area contributed by atoms with Gasteiger partial charge in [-0.05, 0) is 6.92 Å². The van der Waals surface area contributed by atoms with Gasteiger partial charge >= 0.3 is 5.97 Å². The van der Waals surface area contributed by atoms with E-state index in [0.29, 0.717) is 12.4 Å². The normalized spacial score (nSPS) is 12.8. The lowest BCUT2D eigenvalue weighted by molar-refractivity contribution is -0.138. The smallest absolute Gasteiger partial charge is 0.315 e. The van der Waals surface area contributed by atoms with Gasteiger partial charge in [-0.15, -0.1) is 0 Å². The number of hydrogen-bond donors (Lipinski definition) is 2. The van der Waals surface area contributed by atoms with E-state index in [1.165, 1.54) is 11.0 Å². The van der Waals surface area contributed by atoms with E-state index in [9.17, 15) is 4.79 Å². The zero-order valence-electron chi connectivity index (χ0n) is 7.34. The highest BCUT2D eigenvalue weighted by molar-refractivity contribution is 5.75. The molecule has 0 radical (unpaired) electrons. The first-order chi connectivity index (χ1) is 6.20. The molecule has 0 aromatic carbocycles. The van der Waals surface area contributed by atoms with Crippen molar-refractivity contribution in [1.82, 2.24) is 14.8 Å². The first-order valence-corrected chi connectivity index (χ1v) is 4.01. The van der Waals surface area contributed by atoms with Crippen molar-refractivity contribution in [2.75, 3.05) is 6.54 Å². The molecule has 1 aromatic heterocycles. The zero-order chi connectivity index (χ0) is 9.84. The van der Waals surface area contributed by atoms with Gasteiger partial charge in [0.05, 0.1) is 0 Å². The van der Waals surface area contributed by atoms with E-state index in [-0.39, 0.29) is 6.54 Å². The van der Waals surface area contributed by atoms with Crippen molar-refractivity contribution in [3.63, 3.8) is 0 Å². The van der Waals surface area contributed by atoms with Crippen LogP contribution in [0.4, 0.5) is 0 Å². The van der Waals surface area contributed by atoms with Gasteiger partial charge in [-0.2, -0.15) is 5.10 Å². The summed E-state index contributed by atoms with van der Waals surface area (Å²) >= 11 is 0. The maximum atomic E-state index is 10.7. The van der Waals surface area contributed by atoms with E-state index < -0.39 is 11.9 Å². The Kier molecular flexibility index (Phi) is 2.97. The second-order valence-corrected chi connectivity index (χ2v) is 2.56. The van der Waals surface area contributed by atoms with Crippen LogP contribution in [-0.2, 0) is 11.3 Å². The highest BCUT2D eigenvalue weighted by Gasteiger charge is 2.22. The molecule has 0 bridgehead atoms. The number of carboxylic acid groups (broad SMARTS) is 1. The Bertz CT molecular complexity index is 296. The summed E-state index contributed by atoms with van der Waals surface area (Å²) in [6, 6.07) is 0. The number of carbonyl (C=O) groups is 1. The number of carboxylic acids is 1. The number of rotatable bonds is 4. The molecule has 13 heavy (non-hydrogen) atoms. The third-order valence-corrected chi connectivity index (χ3v) is 1.79. The maximum absolute atomic E-state index is 10.7. The average Bonchev–Trinajstić information content (AvgIpc) is 2.53. The molecule has 1 aromatic rings. The number of nitrogens with zero attached hydrogens (tertiary/aromatic N) is 3. The van der Waals surface area contributed by atoms with E-state index in [4.69, 9.17) is 10.8 Å². The van der Waals surface area contributed by atoms with Gasteiger partial charge < -0.3 is 10.8 Å². The molecule has 3 N–H and O–H groups in total. The van der Waals surface area contributed by atoms with Crippen LogP contribution in [0.15, 0.2) is 6.33 Å². The Labute approximate surface area is 75.4 Å². The van der Waals surface area contributed by atoms with Crippen molar-refractivity contribution in [3.8, 4) is 0 Å². The van der Waals surface area contributed by atoms with Crippen molar-refractivity contribution >= 4 is 5.97 Å². The fourth-order valence-corrected chi connectivity index (χ4v) is 1.10. The summed E-state index contributed by atoms with van der Waals surface area (Å²) in [6.07, 6.45) is 1.34. The molecular weight excluding hydrogens is 172 g/mol. The van der Waals surface area contributed by atoms with Gasteiger partial charge in [0.2, 0.25) is 0 Å². The molecule has 0 amide bonds. The standard InChI is InChI=1S/C7H12N4O2/c1-2-11-6(9-4-10-11)5(3-8)7(12)13/h4-5H,2-3,8H2,1H3,(H,12,13). The van der Waals surface area contributed by atoms with Crippen LogP contribution in [0.5, 0.6) is 0 Å². The molecule has 0 aliphatic carbocycles. The Morgan fingerprint density at radius 3 is 3.00 bits per heavy atom. The highest BCUT2D eigenvalue weighted by Crippen LogP contribution is 2.10. The molecular formula is C7H12N4O2. The zero-order valence-corrected chi connectivity index (χ0v) is 7.34. The molecule has 0 saturated heterocycles. The van der Waals surface area contributed by atoms with Crippen LogP contribution in [0.3, 0.4) is 0 Å². The van der Waals surface area contributed by atoms with Gasteiger partial charge in [0.15, 0.2) is 0 Å². The minimum Gasteiger partial charge on any atom is -0.481 e. The number of aromatic nitrogens is 3. The lowest BCUT2D eigenvalue weighted by Crippen LogP contribution is -2.24. The molecule has 1 rings (SSSR count). The van der Waals surface area contributed by atoms with E-state index >= 15 is 0 Å². The van der Waals surface area contributed by atoms with Crippen molar-refractivity contribution in [1.29, 1.82) is 0 Å². The monoisotopic (exact) mass is 184 g/mol. The van der Waals surface area contributed by atoms with Gasteiger partial charge in [-0.25, -0.2) is 9.67 Å². The fourth-order valence-electron chi connectivity index (χ4n) is 1.10. The third-order valence-electron chi connectivity index (χ3n) is 1.79. The Morgan fingerprint density at radius 2 is 2.54 bits per heavy atom. The minimum atomic E-state index is -0.967. The first-order valence-electron chi connectivity index (χ1n) is 4.01. The van der Waals surface area contributed by atoms with E-state index in [2.05, 4.69) is 10.1 Å². The van der Waals surface area contributed by atoms with Crippen LogP contribution in [0, 0.1) is 0 Å². The average molecular weight is 184 g/mol. The van der Waals surface area contributed by atoms with Gasteiger partial charge in [-0.3, -0.25) is 4.79 Å². The van der Waals surface area contributed by atoms with Crippen LogP contribution in [-0.4, -0.2) is 32.4 Å². The minimum absolute atomic E-state index is 0.0357. The topological polar surface area (TPSA) is 94.0 Å². The molecule has 1 heterocycles. The molecule has 0 saturated carbocycles. The molecule has 6 heteroatoms. The molecule has 0 aliphatic heterocycles. The third kappa shape index (κ3) is 1.83. The lowest BCUT2D eigenvalue weighted by atomic mass is 10.1. The summed E-state index contributed by atoms with van der Waals surface area (Å²) in [5, 5.41) is 12.7. The van der Waals surface area contributed by atoms with Crippen LogP contribution in [0.25, 0.3) is 0 Å². The molecule has 0 fully saturated rings. The van der Waals surface area contributed by atoms with Crippen molar-refractivity contribution < 1.29 is 9.90 Å². The second-order valence-electron chi connectivity index (χ2n) is 2.56. The van der Waals surface area contributed by atoms with E-state index in [0.717, 1.165) is 0 Å². The van der Waals surface area contributed by atoms with Crippen LogP contribution >= 0.6 is 0 Å². The molecule has 0 spiro atoms. The molecule has 6 nitrogen and oxygen atoms in total. The van der Waals surface area contributed by atoms with Gasteiger partial charge in [-0.1, -0.05) is 0 Å². The predicted molar refractivity (Wildman–Crippen MR) is 45.1 cm³/mol. The lowest BCUT2D eigenvalue weighted by Gasteiger charge is -2.09. The second kappa shape index (κ2) is 3.99. The molecule has 1 unspecified atom stereocenters. The Balaban J connectivity index is 2.96. The summed E-state index contributed by atoms with van der Waals surface area (Å²) in [6.45, 7) is 2.50. The SMILES string of the molecule is CCn1ncnc1C(CN)C(=O)O. The quantitative estimate of drug-likeness (QED) is 0.653.